The van der Waals surface area contributed by atoms with E-state index < -0.39 is 23.3 Å². The summed E-state index contributed by atoms with van der Waals surface area (Å²) >= 11 is 0. The van der Waals surface area contributed by atoms with Crippen molar-refractivity contribution in [3.05, 3.63) is 96.9 Å². The highest BCUT2D eigenvalue weighted by Crippen LogP contribution is 2.27. The zero-order valence-corrected chi connectivity index (χ0v) is 17.5. The topological polar surface area (TPSA) is 122 Å². The van der Waals surface area contributed by atoms with Gasteiger partial charge in [-0.15, -0.1) is 0 Å². The van der Waals surface area contributed by atoms with Crippen LogP contribution in [0.3, 0.4) is 0 Å². The smallest absolute Gasteiger partial charge is 0.407 e. The van der Waals surface area contributed by atoms with Crippen molar-refractivity contribution in [3.63, 3.8) is 0 Å². The number of piperazine rings is 1. The number of pyridine rings is 1. The second-order valence-electron chi connectivity index (χ2n) is 7.67. The fourth-order valence-electron chi connectivity index (χ4n) is 3.80. The molecular weight excluding hydrogens is 410 g/mol. The molecule has 32 heavy (non-hydrogen) atoms. The summed E-state index contributed by atoms with van der Waals surface area (Å²) in [5, 5.41) is 9.83. The highest BCUT2D eigenvalue weighted by atomic mass is 16.4. The maximum atomic E-state index is 12.7. The van der Waals surface area contributed by atoms with E-state index in [1.165, 1.54) is 11.0 Å². The zero-order chi connectivity index (χ0) is 22.7. The molecule has 9 nitrogen and oxygen atoms in total. The van der Waals surface area contributed by atoms with Gasteiger partial charge < -0.3 is 20.0 Å². The minimum atomic E-state index is -1.01. The lowest BCUT2D eigenvalue weighted by atomic mass is 10.0. The summed E-state index contributed by atoms with van der Waals surface area (Å²) in [5.41, 5.74) is 0.968. The number of likely N-dealkylation sites (N-methyl/N-ethyl adjacent to an activating group) is 1. The molecule has 0 bridgehead atoms. The molecule has 1 aliphatic heterocycles. The fourth-order valence-corrected chi connectivity index (χ4v) is 3.80. The molecule has 2 aromatic heterocycles. The number of carbonyl (C=O) groups is 1. The predicted molar refractivity (Wildman–Crippen MR) is 120 cm³/mol. The van der Waals surface area contributed by atoms with Crippen LogP contribution < -0.4 is 21.8 Å². The first-order valence-electron chi connectivity index (χ1n) is 10.2. The van der Waals surface area contributed by atoms with Crippen LogP contribution in [0.15, 0.2) is 58.3 Å². The van der Waals surface area contributed by atoms with Crippen molar-refractivity contribution in [1.82, 2.24) is 24.8 Å². The molecule has 1 atom stereocenters. The largest absolute Gasteiger partial charge is 0.465 e. The van der Waals surface area contributed by atoms with Crippen LogP contribution in [0.4, 0.5) is 4.79 Å². The highest BCUT2D eigenvalue weighted by molar-refractivity contribution is 5.66. The van der Waals surface area contributed by atoms with E-state index in [2.05, 4.69) is 15.0 Å². The van der Waals surface area contributed by atoms with Gasteiger partial charge in [0.1, 0.15) is 10.7 Å². The molecule has 9 heteroatoms. The first-order valence-corrected chi connectivity index (χ1v) is 10.2. The van der Waals surface area contributed by atoms with Gasteiger partial charge in [0.25, 0.3) is 11.1 Å². The molecule has 3 heterocycles. The molecule has 1 amide bonds. The number of amides is 1. The van der Waals surface area contributed by atoms with E-state index in [4.69, 9.17) is 0 Å². The number of rotatable bonds is 3. The lowest BCUT2D eigenvalue weighted by Crippen LogP contribution is -2.49. The van der Waals surface area contributed by atoms with Gasteiger partial charge in [-0.1, -0.05) is 36.4 Å². The Labute approximate surface area is 183 Å². The number of aromatic amines is 2. The monoisotopic (exact) mass is 433 g/mol. The van der Waals surface area contributed by atoms with Crippen molar-refractivity contribution in [2.75, 3.05) is 26.7 Å². The highest BCUT2D eigenvalue weighted by Gasteiger charge is 2.31. The molecule has 0 spiro atoms. The molecule has 0 aliphatic carbocycles. The summed E-state index contributed by atoms with van der Waals surface area (Å²) < 4.78 is 0. The number of nitrogens with zero attached hydrogens (tertiary/aromatic N) is 3. The molecule has 1 aliphatic rings. The van der Waals surface area contributed by atoms with Gasteiger partial charge in [0, 0.05) is 31.4 Å². The Bertz CT molecular complexity index is 1360. The summed E-state index contributed by atoms with van der Waals surface area (Å²) in [6.45, 7) is 1.50. The molecule has 0 saturated carbocycles. The van der Waals surface area contributed by atoms with Crippen LogP contribution >= 0.6 is 0 Å². The number of H-pyrrole nitrogens is 2. The van der Waals surface area contributed by atoms with Crippen molar-refractivity contribution in [1.29, 1.82) is 0 Å². The minimum absolute atomic E-state index is 0.0474. The Hall–Kier alpha value is -3.98. The summed E-state index contributed by atoms with van der Waals surface area (Å²) in [6.07, 6.45) is 3.64. The molecule has 0 radical (unpaired) electrons. The molecular formula is C23H23N5O4. The molecule has 1 aromatic carbocycles. The van der Waals surface area contributed by atoms with Gasteiger partial charge in [-0.2, -0.15) is 0 Å². The molecule has 1 saturated heterocycles. The Kier molecular flexibility index (Phi) is 6.00. The number of carboxylic acid groups (broad SMARTS) is 1. The molecule has 4 rings (SSSR count). The summed E-state index contributed by atoms with van der Waals surface area (Å²) in [4.78, 5) is 50.0. The number of aromatic nitrogens is 3. The average molecular weight is 433 g/mol. The molecule has 1 unspecified atom stereocenters. The van der Waals surface area contributed by atoms with Crippen LogP contribution in [0.1, 0.15) is 22.9 Å². The second-order valence-corrected chi connectivity index (χ2v) is 7.67. The summed E-state index contributed by atoms with van der Waals surface area (Å²) in [5.74, 6) is 0. The number of nitrogens with one attached hydrogen (secondary N) is 2. The molecule has 164 valence electrons. The number of hydrogen-bond donors (Lipinski definition) is 3. The maximum Gasteiger partial charge on any atom is 0.407 e. The molecule has 3 N–H and O–H groups in total. The van der Waals surface area contributed by atoms with Gasteiger partial charge in [0.05, 0.1) is 11.7 Å². The Morgan fingerprint density at radius 3 is 2.41 bits per heavy atom. The van der Waals surface area contributed by atoms with E-state index in [9.17, 15) is 19.5 Å². The second kappa shape index (κ2) is 9.03. The third kappa shape index (κ3) is 4.52. The van der Waals surface area contributed by atoms with E-state index in [1.54, 1.807) is 24.4 Å². The summed E-state index contributed by atoms with van der Waals surface area (Å²) in [7, 11) is 1.93. The van der Waals surface area contributed by atoms with E-state index in [1.807, 2.05) is 42.3 Å². The van der Waals surface area contributed by atoms with E-state index in [0.717, 1.165) is 5.56 Å². The lowest BCUT2D eigenvalue weighted by molar-refractivity contribution is 0.0773. The lowest BCUT2D eigenvalue weighted by Gasteiger charge is -2.38. The van der Waals surface area contributed by atoms with Gasteiger partial charge in [0.2, 0.25) is 0 Å². The summed E-state index contributed by atoms with van der Waals surface area (Å²) in [6, 6.07) is 12.3. The quantitative estimate of drug-likeness (QED) is 0.538. The fraction of sp³-hybridized carbons (Fsp3) is 0.217. The van der Waals surface area contributed by atoms with Gasteiger partial charge in [0.15, 0.2) is 0 Å². The zero-order valence-electron chi connectivity index (χ0n) is 17.5. The van der Waals surface area contributed by atoms with Crippen LogP contribution in [-0.4, -0.2) is 62.6 Å². The van der Waals surface area contributed by atoms with Crippen molar-refractivity contribution >= 4 is 18.2 Å². The van der Waals surface area contributed by atoms with Crippen LogP contribution in [-0.2, 0) is 0 Å². The Morgan fingerprint density at radius 1 is 1.03 bits per heavy atom. The standard InChI is InChI=1S/C23H23N5O4/c1-27-10-11-28(23(31)32)20(14-27)16-8-5-9-24-17(16)13-19-22(30)25-18(21(29)26-19)12-15-6-3-2-4-7-15/h2-9,12-13,20H,10-11,14H2,1H3,(H,25,30)(H,26,29)(H,31,32)/b18-12-,19-13-. The third-order valence-electron chi connectivity index (χ3n) is 5.44. The Morgan fingerprint density at radius 2 is 1.72 bits per heavy atom. The van der Waals surface area contributed by atoms with Crippen molar-refractivity contribution in [2.45, 2.75) is 6.04 Å². The molecule has 1 fully saturated rings. The van der Waals surface area contributed by atoms with Crippen molar-refractivity contribution in [2.24, 2.45) is 0 Å². The minimum Gasteiger partial charge on any atom is -0.465 e. The molecule has 3 aromatic rings. The normalized spacial score (nSPS) is 18.2. The SMILES string of the molecule is CN1CCN(C(=O)O)C(c2cccnc2/C=c2\[nH]c(=O)/c(=C/c3ccccc3)[nH]c2=O)C1. The van der Waals surface area contributed by atoms with E-state index >= 15 is 0 Å². The van der Waals surface area contributed by atoms with Gasteiger partial charge in [-0.05, 0) is 30.8 Å². The van der Waals surface area contributed by atoms with Crippen molar-refractivity contribution < 1.29 is 9.90 Å². The van der Waals surface area contributed by atoms with Crippen LogP contribution in [0.2, 0.25) is 0 Å². The van der Waals surface area contributed by atoms with Gasteiger partial charge >= 0.3 is 6.09 Å². The van der Waals surface area contributed by atoms with Gasteiger partial charge in [-0.3, -0.25) is 19.5 Å². The average Bonchev–Trinajstić information content (AvgIpc) is 2.78. The van der Waals surface area contributed by atoms with E-state index in [-0.39, 0.29) is 10.7 Å². The van der Waals surface area contributed by atoms with Crippen LogP contribution in [0, 0.1) is 0 Å². The van der Waals surface area contributed by atoms with Gasteiger partial charge in [-0.25, -0.2) is 4.79 Å². The Balaban J connectivity index is 1.80. The first-order chi connectivity index (χ1) is 15.4. The first kappa shape index (κ1) is 21.3. The van der Waals surface area contributed by atoms with Crippen LogP contribution in [0.5, 0.6) is 0 Å². The number of hydrogen-bond acceptors (Lipinski definition) is 5. The predicted octanol–water partition coefficient (Wildman–Crippen LogP) is 0.0823. The van der Waals surface area contributed by atoms with Crippen molar-refractivity contribution in [3.8, 4) is 0 Å². The van der Waals surface area contributed by atoms with Crippen LogP contribution in [0.25, 0.3) is 12.2 Å². The van der Waals surface area contributed by atoms with E-state index in [0.29, 0.717) is 30.9 Å². The number of benzene rings is 1. The third-order valence-corrected chi connectivity index (χ3v) is 5.44. The maximum absolute atomic E-state index is 12.7.